The van der Waals surface area contributed by atoms with Gasteiger partial charge in [-0.2, -0.15) is 0 Å². The number of carbonyl (C=O) groups excluding carboxylic acids is 1. The number of amides is 1. The van der Waals surface area contributed by atoms with E-state index in [0.717, 1.165) is 35.4 Å². The maximum absolute atomic E-state index is 12.1. The molecule has 0 aliphatic heterocycles. The van der Waals surface area contributed by atoms with Crippen molar-refractivity contribution in [2.75, 3.05) is 18.4 Å². The van der Waals surface area contributed by atoms with Crippen molar-refractivity contribution in [2.24, 2.45) is 0 Å². The molecule has 7 nitrogen and oxygen atoms in total. The Kier molecular flexibility index (Phi) is 10.6. The molecular weight excluding hydrogens is 440 g/mol. The van der Waals surface area contributed by atoms with Gasteiger partial charge in [0.1, 0.15) is 0 Å². The predicted octanol–water partition coefficient (Wildman–Crippen LogP) is 3.76. The van der Waals surface area contributed by atoms with Crippen molar-refractivity contribution < 1.29 is 24.6 Å². The van der Waals surface area contributed by atoms with Gasteiger partial charge in [-0.05, 0) is 42.8 Å². The lowest BCUT2D eigenvalue weighted by Crippen LogP contribution is -2.27. The number of hydrogen-bond acceptors (Lipinski definition) is 4. The second-order valence-corrected chi connectivity index (χ2v) is 7.08. The van der Waals surface area contributed by atoms with E-state index in [1.54, 1.807) is 0 Å². The standard InChI is InChI=1S/C19H23BrN2O.C2H2O4/c1-3-22(14-16-7-5-4-6-8-16)12-11-19(23)21-17-9-10-18(20)15(2)13-17;3-1(4)2(5)6/h4-10,13H,3,11-12,14H2,1-2H3,(H,21,23);(H,3,4)(H,5,6). The Hall–Kier alpha value is -2.71. The molecule has 2 rings (SSSR count). The van der Waals surface area contributed by atoms with Crippen LogP contribution in [0.15, 0.2) is 53.0 Å². The minimum Gasteiger partial charge on any atom is -0.473 e. The summed E-state index contributed by atoms with van der Waals surface area (Å²) in [6, 6.07) is 16.2. The number of benzene rings is 2. The number of aryl methyl sites for hydroxylation is 1. The fraction of sp³-hybridized carbons (Fsp3) is 0.286. The minimum absolute atomic E-state index is 0.0539. The van der Waals surface area contributed by atoms with E-state index in [9.17, 15) is 4.79 Å². The normalized spacial score (nSPS) is 10.1. The van der Waals surface area contributed by atoms with E-state index >= 15 is 0 Å². The molecule has 0 radical (unpaired) electrons. The molecule has 8 heteroatoms. The zero-order valence-electron chi connectivity index (χ0n) is 16.4. The lowest BCUT2D eigenvalue weighted by atomic mass is 10.2. The van der Waals surface area contributed by atoms with Crippen LogP contribution in [0.4, 0.5) is 5.69 Å². The first kappa shape index (κ1) is 24.3. The molecule has 0 aliphatic rings. The summed E-state index contributed by atoms with van der Waals surface area (Å²) in [5.41, 5.74) is 3.24. The maximum Gasteiger partial charge on any atom is 0.414 e. The van der Waals surface area contributed by atoms with Gasteiger partial charge in [-0.3, -0.25) is 9.69 Å². The fourth-order valence-corrected chi connectivity index (χ4v) is 2.64. The molecule has 0 aromatic heterocycles. The number of rotatable bonds is 7. The Morgan fingerprint density at radius 2 is 1.66 bits per heavy atom. The maximum atomic E-state index is 12.1. The van der Waals surface area contributed by atoms with Crippen LogP contribution < -0.4 is 5.32 Å². The summed E-state index contributed by atoms with van der Waals surface area (Å²) in [6.07, 6.45) is 0.496. The molecular formula is C21H25BrN2O5. The van der Waals surface area contributed by atoms with Crippen LogP contribution in [-0.4, -0.2) is 46.0 Å². The van der Waals surface area contributed by atoms with Crippen LogP contribution >= 0.6 is 15.9 Å². The first-order chi connectivity index (χ1) is 13.7. The molecule has 0 bridgehead atoms. The third kappa shape index (κ3) is 9.87. The molecule has 3 N–H and O–H groups in total. The molecule has 0 saturated heterocycles. The summed E-state index contributed by atoms with van der Waals surface area (Å²) in [5.74, 6) is -3.59. The predicted molar refractivity (Wildman–Crippen MR) is 115 cm³/mol. The number of halogens is 1. The van der Waals surface area contributed by atoms with Crippen molar-refractivity contribution >= 4 is 39.5 Å². The van der Waals surface area contributed by atoms with E-state index in [-0.39, 0.29) is 5.91 Å². The van der Waals surface area contributed by atoms with E-state index in [1.807, 2.05) is 43.3 Å². The molecule has 0 atom stereocenters. The largest absolute Gasteiger partial charge is 0.473 e. The van der Waals surface area contributed by atoms with Gasteiger partial charge in [-0.15, -0.1) is 0 Å². The molecule has 2 aromatic rings. The number of carboxylic acids is 2. The molecule has 0 heterocycles. The van der Waals surface area contributed by atoms with E-state index in [1.165, 1.54) is 5.56 Å². The van der Waals surface area contributed by atoms with Crippen LogP contribution in [0.25, 0.3) is 0 Å². The van der Waals surface area contributed by atoms with Crippen LogP contribution in [-0.2, 0) is 20.9 Å². The number of nitrogens with one attached hydrogen (secondary N) is 1. The smallest absolute Gasteiger partial charge is 0.414 e. The Labute approximate surface area is 178 Å². The molecule has 156 valence electrons. The highest BCUT2D eigenvalue weighted by Gasteiger charge is 2.08. The first-order valence-electron chi connectivity index (χ1n) is 9.01. The van der Waals surface area contributed by atoms with Crippen LogP contribution in [0.5, 0.6) is 0 Å². The number of anilines is 1. The molecule has 29 heavy (non-hydrogen) atoms. The molecule has 0 saturated carbocycles. The molecule has 1 amide bonds. The van der Waals surface area contributed by atoms with Gasteiger partial charge < -0.3 is 15.5 Å². The van der Waals surface area contributed by atoms with Crippen molar-refractivity contribution in [1.29, 1.82) is 0 Å². The van der Waals surface area contributed by atoms with Gasteiger partial charge in [0.15, 0.2) is 0 Å². The lowest BCUT2D eigenvalue weighted by molar-refractivity contribution is -0.159. The summed E-state index contributed by atoms with van der Waals surface area (Å²) in [7, 11) is 0. The first-order valence-corrected chi connectivity index (χ1v) is 9.80. The third-order valence-electron chi connectivity index (χ3n) is 3.98. The van der Waals surface area contributed by atoms with Gasteiger partial charge in [-0.1, -0.05) is 53.2 Å². The zero-order valence-corrected chi connectivity index (χ0v) is 18.0. The lowest BCUT2D eigenvalue weighted by Gasteiger charge is -2.20. The van der Waals surface area contributed by atoms with Crippen molar-refractivity contribution in [2.45, 2.75) is 26.8 Å². The zero-order chi connectivity index (χ0) is 21.8. The van der Waals surface area contributed by atoms with Crippen molar-refractivity contribution in [3.05, 3.63) is 64.1 Å². The van der Waals surface area contributed by atoms with Gasteiger partial charge >= 0.3 is 11.9 Å². The molecule has 0 unspecified atom stereocenters. The monoisotopic (exact) mass is 464 g/mol. The number of nitrogens with zero attached hydrogens (tertiary/aromatic N) is 1. The molecule has 0 fully saturated rings. The minimum atomic E-state index is -1.82. The SMILES string of the molecule is CCN(CCC(=O)Nc1ccc(Br)c(C)c1)Cc1ccccc1.O=C(O)C(=O)O. The van der Waals surface area contributed by atoms with Gasteiger partial charge in [0.05, 0.1) is 0 Å². The van der Waals surface area contributed by atoms with Crippen molar-refractivity contribution in [1.82, 2.24) is 4.90 Å². The summed E-state index contributed by atoms with van der Waals surface area (Å²) >= 11 is 3.47. The molecule has 2 aromatic carbocycles. The van der Waals surface area contributed by atoms with E-state index in [2.05, 4.69) is 45.2 Å². The summed E-state index contributed by atoms with van der Waals surface area (Å²) in [6.45, 7) is 6.70. The van der Waals surface area contributed by atoms with E-state index in [0.29, 0.717) is 6.42 Å². The molecule has 0 aliphatic carbocycles. The summed E-state index contributed by atoms with van der Waals surface area (Å²) in [4.78, 5) is 32.6. The highest BCUT2D eigenvalue weighted by atomic mass is 79.9. The summed E-state index contributed by atoms with van der Waals surface area (Å²) in [5, 5.41) is 17.7. The van der Waals surface area contributed by atoms with Crippen LogP contribution in [0, 0.1) is 6.92 Å². The van der Waals surface area contributed by atoms with E-state index in [4.69, 9.17) is 19.8 Å². The second kappa shape index (κ2) is 12.7. The van der Waals surface area contributed by atoms with Crippen LogP contribution in [0.2, 0.25) is 0 Å². The highest BCUT2D eigenvalue weighted by Crippen LogP contribution is 2.20. The van der Waals surface area contributed by atoms with Crippen molar-refractivity contribution in [3.8, 4) is 0 Å². The second-order valence-electron chi connectivity index (χ2n) is 6.23. The topological polar surface area (TPSA) is 107 Å². The Bertz CT molecular complexity index is 815. The van der Waals surface area contributed by atoms with Gasteiger partial charge in [0.25, 0.3) is 0 Å². The molecule has 0 spiro atoms. The van der Waals surface area contributed by atoms with E-state index < -0.39 is 11.9 Å². The number of hydrogen-bond donors (Lipinski definition) is 3. The third-order valence-corrected chi connectivity index (χ3v) is 4.87. The van der Waals surface area contributed by atoms with Crippen LogP contribution in [0.3, 0.4) is 0 Å². The van der Waals surface area contributed by atoms with Gasteiger partial charge in [-0.25, -0.2) is 9.59 Å². The Balaban J connectivity index is 0.000000612. The van der Waals surface area contributed by atoms with Gasteiger partial charge in [0, 0.05) is 29.7 Å². The Morgan fingerprint density at radius 1 is 1.03 bits per heavy atom. The average molecular weight is 465 g/mol. The number of aliphatic carboxylic acids is 2. The highest BCUT2D eigenvalue weighted by molar-refractivity contribution is 9.10. The van der Waals surface area contributed by atoms with Crippen molar-refractivity contribution in [3.63, 3.8) is 0 Å². The van der Waals surface area contributed by atoms with Gasteiger partial charge in [0.2, 0.25) is 5.91 Å². The average Bonchev–Trinajstić information content (AvgIpc) is 2.69. The Morgan fingerprint density at radius 3 is 2.17 bits per heavy atom. The fourth-order valence-electron chi connectivity index (χ4n) is 2.40. The van der Waals surface area contributed by atoms with Crippen LogP contribution in [0.1, 0.15) is 24.5 Å². The summed E-state index contributed by atoms with van der Waals surface area (Å²) < 4.78 is 1.05. The number of carboxylic acid groups (broad SMARTS) is 2. The number of carbonyl (C=O) groups is 3. The quantitative estimate of drug-likeness (QED) is 0.538.